The van der Waals surface area contributed by atoms with Crippen LogP contribution in [0, 0.1) is 19.8 Å². The Bertz CT molecular complexity index is 917. The lowest BCUT2D eigenvalue weighted by atomic mass is 9.98. The smallest absolute Gasteiger partial charge is 0.253 e. The quantitative estimate of drug-likeness (QED) is 0.903. The summed E-state index contributed by atoms with van der Waals surface area (Å²) in [6, 6.07) is 13.6. The molecular formula is C21H22N2O2. The van der Waals surface area contributed by atoms with Gasteiger partial charge in [-0.25, -0.2) is 4.99 Å². The van der Waals surface area contributed by atoms with Gasteiger partial charge in [-0.3, -0.25) is 9.59 Å². The monoisotopic (exact) mass is 334 g/mol. The predicted molar refractivity (Wildman–Crippen MR) is 97.4 cm³/mol. The highest BCUT2D eigenvalue weighted by Gasteiger charge is 2.18. The molecule has 128 valence electrons. The number of nitrogens with one attached hydrogen (secondary N) is 1. The average Bonchev–Trinajstić information content (AvgIpc) is 2.58. The van der Waals surface area contributed by atoms with Crippen LogP contribution in [-0.4, -0.2) is 18.4 Å². The first-order valence-corrected chi connectivity index (χ1v) is 8.55. The van der Waals surface area contributed by atoms with E-state index in [2.05, 4.69) is 23.3 Å². The number of carbonyl (C=O) groups excluding carboxylic acids is 2. The Kier molecular flexibility index (Phi) is 5.08. The summed E-state index contributed by atoms with van der Waals surface area (Å²) in [6.45, 7) is 4.54. The first-order chi connectivity index (χ1) is 12.0. The van der Waals surface area contributed by atoms with Gasteiger partial charge in [0.15, 0.2) is 0 Å². The normalized spacial score (nSPS) is 15.8. The van der Waals surface area contributed by atoms with Gasteiger partial charge in [-0.05, 0) is 54.3 Å². The van der Waals surface area contributed by atoms with Crippen molar-refractivity contribution < 1.29 is 9.59 Å². The minimum absolute atomic E-state index is 0.0294. The first kappa shape index (κ1) is 17.1. The van der Waals surface area contributed by atoms with E-state index in [-0.39, 0.29) is 17.7 Å². The van der Waals surface area contributed by atoms with E-state index in [1.807, 2.05) is 49.4 Å². The molecule has 0 spiro atoms. The lowest BCUT2D eigenvalue weighted by Gasteiger charge is -2.13. The molecule has 0 aliphatic carbocycles. The second-order valence-electron chi connectivity index (χ2n) is 6.52. The molecule has 2 aromatic rings. The van der Waals surface area contributed by atoms with Gasteiger partial charge in [0.2, 0.25) is 5.91 Å². The van der Waals surface area contributed by atoms with Gasteiger partial charge in [-0.1, -0.05) is 36.4 Å². The topological polar surface area (TPSA) is 58.5 Å². The first-order valence-electron chi connectivity index (χ1n) is 8.55. The second kappa shape index (κ2) is 7.43. The zero-order valence-corrected chi connectivity index (χ0v) is 14.6. The number of hydrogen-bond donors (Lipinski definition) is 1. The third-order valence-electron chi connectivity index (χ3n) is 4.56. The molecule has 1 heterocycles. The molecule has 0 fully saturated rings. The lowest BCUT2D eigenvalue weighted by Crippen LogP contribution is -2.36. The van der Waals surface area contributed by atoms with Crippen LogP contribution >= 0.6 is 0 Å². The molecule has 1 aliphatic heterocycles. The van der Waals surface area contributed by atoms with Crippen molar-refractivity contribution in [3.05, 3.63) is 69.7 Å². The van der Waals surface area contributed by atoms with Crippen molar-refractivity contribution in [1.29, 1.82) is 0 Å². The van der Waals surface area contributed by atoms with Crippen LogP contribution in [0.15, 0.2) is 47.5 Å². The van der Waals surface area contributed by atoms with Crippen molar-refractivity contribution in [2.75, 3.05) is 6.54 Å². The van der Waals surface area contributed by atoms with Crippen LogP contribution in [0.2, 0.25) is 0 Å². The zero-order chi connectivity index (χ0) is 17.8. The Balaban J connectivity index is 1.60. The fourth-order valence-electron chi connectivity index (χ4n) is 2.96. The number of fused-ring (bicyclic) bond motifs is 1. The Labute approximate surface area is 147 Å². The second-order valence-corrected chi connectivity index (χ2v) is 6.52. The van der Waals surface area contributed by atoms with E-state index in [1.54, 1.807) is 0 Å². The van der Waals surface area contributed by atoms with Crippen LogP contribution in [0.25, 0.3) is 6.08 Å². The number of amides is 2. The minimum Gasteiger partial charge on any atom is -0.356 e. The SMILES string of the molecule is Cc1cc2c(cc1C)=NC(=O)C(CCNC(=O)Cc1ccccc1)C=2. The maximum absolute atomic E-state index is 12.2. The Morgan fingerprint density at radius 2 is 1.84 bits per heavy atom. The summed E-state index contributed by atoms with van der Waals surface area (Å²) in [5.41, 5.74) is 3.31. The molecule has 2 aromatic carbocycles. The standard InChI is InChI=1S/C21H22N2O2/c1-14-10-18-13-17(21(25)23-19(18)11-15(14)2)8-9-22-20(24)12-16-6-4-3-5-7-16/h3-7,10-11,13,17H,8-9,12H2,1-2H3,(H,22,24). The van der Waals surface area contributed by atoms with Crippen molar-refractivity contribution >= 4 is 17.9 Å². The van der Waals surface area contributed by atoms with Crippen molar-refractivity contribution in [3.63, 3.8) is 0 Å². The Morgan fingerprint density at radius 3 is 2.60 bits per heavy atom. The third kappa shape index (κ3) is 4.21. The number of aryl methyl sites for hydroxylation is 2. The van der Waals surface area contributed by atoms with E-state index in [1.165, 1.54) is 5.56 Å². The average molecular weight is 334 g/mol. The molecule has 1 N–H and O–H groups in total. The van der Waals surface area contributed by atoms with Gasteiger partial charge in [0.25, 0.3) is 5.91 Å². The van der Waals surface area contributed by atoms with Crippen LogP contribution in [0.4, 0.5) is 0 Å². The van der Waals surface area contributed by atoms with Gasteiger partial charge < -0.3 is 5.32 Å². The molecule has 25 heavy (non-hydrogen) atoms. The van der Waals surface area contributed by atoms with Crippen molar-refractivity contribution in [2.45, 2.75) is 26.7 Å². The lowest BCUT2D eigenvalue weighted by molar-refractivity contribution is -0.122. The van der Waals surface area contributed by atoms with E-state index < -0.39 is 0 Å². The molecule has 0 saturated carbocycles. The Hall–Kier alpha value is -2.75. The Morgan fingerprint density at radius 1 is 1.12 bits per heavy atom. The molecule has 1 atom stereocenters. The molecule has 0 radical (unpaired) electrons. The van der Waals surface area contributed by atoms with Gasteiger partial charge in [0.1, 0.15) is 0 Å². The number of carbonyl (C=O) groups is 2. The van der Waals surface area contributed by atoms with E-state index in [0.29, 0.717) is 19.4 Å². The third-order valence-corrected chi connectivity index (χ3v) is 4.56. The molecule has 4 nitrogen and oxygen atoms in total. The van der Waals surface area contributed by atoms with E-state index in [0.717, 1.165) is 21.7 Å². The van der Waals surface area contributed by atoms with Crippen LogP contribution in [-0.2, 0) is 16.0 Å². The largest absolute Gasteiger partial charge is 0.356 e. The van der Waals surface area contributed by atoms with Crippen molar-refractivity contribution in [2.24, 2.45) is 10.9 Å². The summed E-state index contributed by atoms with van der Waals surface area (Å²) in [5, 5.41) is 4.64. The molecule has 0 aromatic heterocycles. The molecule has 2 amide bonds. The molecule has 4 heteroatoms. The van der Waals surface area contributed by atoms with Crippen LogP contribution in [0.1, 0.15) is 23.1 Å². The van der Waals surface area contributed by atoms with E-state index in [9.17, 15) is 9.59 Å². The van der Waals surface area contributed by atoms with Gasteiger partial charge >= 0.3 is 0 Å². The summed E-state index contributed by atoms with van der Waals surface area (Å²) in [4.78, 5) is 28.4. The fraction of sp³-hybridized carbons (Fsp3) is 0.286. The molecule has 0 saturated heterocycles. The summed E-state index contributed by atoms with van der Waals surface area (Å²) in [7, 11) is 0. The number of hydrogen-bond acceptors (Lipinski definition) is 2. The van der Waals surface area contributed by atoms with Crippen LogP contribution in [0.3, 0.4) is 0 Å². The number of benzene rings is 2. The van der Waals surface area contributed by atoms with Crippen LogP contribution in [0.5, 0.6) is 0 Å². The summed E-state index contributed by atoms with van der Waals surface area (Å²) >= 11 is 0. The maximum atomic E-state index is 12.2. The van der Waals surface area contributed by atoms with Crippen molar-refractivity contribution in [1.82, 2.24) is 5.32 Å². The molecule has 3 rings (SSSR count). The predicted octanol–water partition coefficient (Wildman–Crippen LogP) is 1.61. The van der Waals surface area contributed by atoms with Gasteiger partial charge in [-0.2, -0.15) is 0 Å². The fourth-order valence-corrected chi connectivity index (χ4v) is 2.96. The molecule has 1 unspecified atom stereocenters. The number of rotatable bonds is 5. The highest BCUT2D eigenvalue weighted by atomic mass is 16.2. The summed E-state index contributed by atoms with van der Waals surface area (Å²) < 4.78 is 0. The molecule has 0 bridgehead atoms. The minimum atomic E-state index is -0.272. The summed E-state index contributed by atoms with van der Waals surface area (Å²) in [5.74, 6) is -0.432. The van der Waals surface area contributed by atoms with Gasteiger partial charge in [-0.15, -0.1) is 0 Å². The number of nitrogens with zero attached hydrogens (tertiary/aromatic N) is 1. The molecular weight excluding hydrogens is 312 g/mol. The zero-order valence-electron chi connectivity index (χ0n) is 14.6. The van der Waals surface area contributed by atoms with Gasteiger partial charge in [0, 0.05) is 6.54 Å². The summed E-state index contributed by atoms with van der Waals surface area (Å²) in [6.07, 6.45) is 2.89. The van der Waals surface area contributed by atoms with Crippen molar-refractivity contribution in [3.8, 4) is 0 Å². The van der Waals surface area contributed by atoms with Gasteiger partial charge in [0.05, 0.1) is 17.7 Å². The highest BCUT2D eigenvalue weighted by Crippen LogP contribution is 2.10. The molecule has 1 aliphatic rings. The van der Waals surface area contributed by atoms with E-state index in [4.69, 9.17) is 0 Å². The highest BCUT2D eigenvalue weighted by molar-refractivity contribution is 5.86. The van der Waals surface area contributed by atoms with E-state index >= 15 is 0 Å². The maximum Gasteiger partial charge on any atom is 0.253 e. The van der Waals surface area contributed by atoms with Crippen LogP contribution < -0.4 is 15.9 Å².